The van der Waals surface area contributed by atoms with E-state index in [1.165, 1.54) is 205 Å². The van der Waals surface area contributed by atoms with E-state index >= 15 is 0 Å². The summed E-state index contributed by atoms with van der Waals surface area (Å²) in [7, 11) is 0. The topological polar surface area (TPSA) is 78.9 Å². The van der Waals surface area contributed by atoms with Gasteiger partial charge in [-0.1, -0.05) is 311 Å². The molecule has 0 saturated carbocycles. The van der Waals surface area contributed by atoms with Crippen LogP contribution in [0.1, 0.15) is 355 Å². The minimum atomic E-state index is -0.785. The Labute approximate surface area is 515 Å². The fourth-order valence-electron chi connectivity index (χ4n) is 10.2. The van der Waals surface area contributed by atoms with Gasteiger partial charge in [-0.25, -0.2) is 0 Å². The number of carbonyl (C=O) groups excluding carboxylic acids is 3. The van der Waals surface area contributed by atoms with Crippen molar-refractivity contribution in [1.29, 1.82) is 0 Å². The molecule has 1 atom stereocenters. The van der Waals surface area contributed by atoms with Crippen LogP contribution in [-0.4, -0.2) is 37.2 Å². The Bertz CT molecular complexity index is 1610. The van der Waals surface area contributed by atoms with Crippen molar-refractivity contribution in [2.45, 2.75) is 361 Å². The number of ether oxygens (including phenoxy) is 3. The third-order valence-corrected chi connectivity index (χ3v) is 15.5. The molecular formula is C77H134O6. The first-order valence-corrected chi connectivity index (χ1v) is 35.7. The van der Waals surface area contributed by atoms with E-state index in [0.29, 0.717) is 19.3 Å². The largest absolute Gasteiger partial charge is 0.462 e. The lowest BCUT2D eigenvalue weighted by Gasteiger charge is -2.18. The van der Waals surface area contributed by atoms with Crippen molar-refractivity contribution in [2.24, 2.45) is 0 Å². The normalized spacial score (nSPS) is 12.7. The Hall–Kier alpha value is -3.67. The quantitative estimate of drug-likeness (QED) is 0.0261. The number of unbranched alkanes of at least 4 members (excludes halogenated alkanes) is 38. The van der Waals surface area contributed by atoms with Gasteiger partial charge in [0.2, 0.25) is 0 Å². The fraction of sp³-hybridized carbons (Fsp3) is 0.753. The number of allylic oxidation sites excluding steroid dienone is 16. The first-order chi connectivity index (χ1) is 41.0. The van der Waals surface area contributed by atoms with Gasteiger partial charge in [0.1, 0.15) is 13.2 Å². The standard InChI is InChI=1S/C77H134O6/c1-4-7-10-13-16-19-22-25-28-30-31-32-33-34-35-36-37-38-39-40-41-42-43-44-45-47-49-52-55-58-61-64-67-70-76(79)82-73-74(72-81-75(78)69-66-63-60-57-54-51-48-27-24-21-18-15-12-9-6-3)83-77(80)71-68-65-62-59-56-53-50-46-29-26-23-20-17-14-11-8-5-2/h7,10,16,18-19,21,25-29,31-32,34-35,48,74H,4-6,8-9,11-15,17,20,22-24,30,33,36-47,49-73H2,1-3H3/b10-7-,19-16-,21-18-,28-25-,29-26-,32-31-,35-34-,48-27-. The zero-order valence-corrected chi connectivity index (χ0v) is 54.9. The molecule has 0 spiro atoms. The maximum absolute atomic E-state index is 12.9. The zero-order valence-electron chi connectivity index (χ0n) is 54.9. The maximum atomic E-state index is 12.9. The Morgan fingerprint density at radius 1 is 0.253 bits per heavy atom. The highest BCUT2D eigenvalue weighted by Gasteiger charge is 2.19. The molecule has 0 aliphatic heterocycles. The second kappa shape index (κ2) is 70.8. The summed E-state index contributed by atoms with van der Waals surface area (Å²) >= 11 is 0. The Morgan fingerprint density at radius 2 is 0.470 bits per heavy atom. The van der Waals surface area contributed by atoms with Gasteiger partial charge in [-0.3, -0.25) is 14.4 Å². The van der Waals surface area contributed by atoms with Gasteiger partial charge in [-0.05, 0) is 122 Å². The van der Waals surface area contributed by atoms with Gasteiger partial charge in [0.25, 0.3) is 0 Å². The minimum Gasteiger partial charge on any atom is -0.462 e. The SMILES string of the molecule is CC/C=C\C/C=C\C/C=C\C/C=C\C/C=C\CCCCCCCCCCCCCCCCCCCC(=O)OCC(COC(=O)CCCCCCC/C=C\C/C=C\CCCCC)OC(=O)CCCCCCCCC/C=C\CCCCCCCC. The molecule has 0 rings (SSSR count). The fourth-order valence-corrected chi connectivity index (χ4v) is 10.2. The van der Waals surface area contributed by atoms with Gasteiger partial charge in [0.15, 0.2) is 6.10 Å². The maximum Gasteiger partial charge on any atom is 0.306 e. The molecule has 0 heterocycles. The van der Waals surface area contributed by atoms with E-state index in [4.69, 9.17) is 14.2 Å². The van der Waals surface area contributed by atoms with Crippen molar-refractivity contribution >= 4 is 17.9 Å². The second-order valence-corrected chi connectivity index (χ2v) is 23.8. The van der Waals surface area contributed by atoms with Crippen LogP contribution in [0.4, 0.5) is 0 Å². The molecule has 6 nitrogen and oxygen atoms in total. The number of hydrogen-bond acceptors (Lipinski definition) is 6. The highest BCUT2D eigenvalue weighted by molar-refractivity contribution is 5.71. The van der Waals surface area contributed by atoms with Gasteiger partial charge in [-0.2, -0.15) is 0 Å². The lowest BCUT2D eigenvalue weighted by Crippen LogP contribution is -2.30. The molecule has 0 radical (unpaired) electrons. The summed E-state index contributed by atoms with van der Waals surface area (Å²) in [6.45, 7) is 6.52. The van der Waals surface area contributed by atoms with Crippen LogP contribution < -0.4 is 0 Å². The smallest absolute Gasteiger partial charge is 0.306 e. The summed E-state index contributed by atoms with van der Waals surface area (Å²) in [4.78, 5) is 38.4. The van der Waals surface area contributed by atoms with E-state index in [1.54, 1.807) is 0 Å². The molecular weight excluding hydrogens is 1020 g/mol. The summed E-state index contributed by atoms with van der Waals surface area (Å²) in [5.41, 5.74) is 0. The molecule has 0 aromatic heterocycles. The van der Waals surface area contributed by atoms with E-state index in [0.717, 1.165) is 109 Å². The van der Waals surface area contributed by atoms with E-state index in [2.05, 4.69) is 118 Å². The van der Waals surface area contributed by atoms with Crippen molar-refractivity contribution < 1.29 is 28.6 Å². The number of hydrogen-bond donors (Lipinski definition) is 0. The summed E-state index contributed by atoms with van der Waals surface area (Å²) in [6, 6.07) is 0. The number of rotatable bonds is 65. The molecule has 0 fully saturated rings. The van der Waals surface area contributed by atoms with Crippen LogP contribution in [0.15, 0.2) is 97.2 Å². The third-order valence-electron chi connectivity index (χ3n) is 15.5. The molecule has 0 amide bonds. The van der Waals surface area contributed by atoms with Crippen LogP contribution in [0.3, 0.4) is 0 Å². The van der Waals surface area contributed by atoms with Crippen LogP contribution in [0.2, 0.25) is 0 Å². The van der Waals surface area contributed by atoms with Crippen LogP contribution >= 0.6 is 0 Å². The van der Waals surface area contributed by atoms with Crippen molar-refractivity contribution in [3.63, 3.8) is 0 Å². The molecule has 6 heteroatoms. The van der Waals surface area contributed by atoms with Crippen molar-refractivity contribution in [2.75, 3.05) is 13.2 Å². The Kier molecular flexibility index (Phi) is 67.7. The molecule has 0 bridgehead atoms. The average molecular weight is 1160 g/mol. The minimum absolute atomic E-state index is 0.0801. The zero-order chi connectivity index (χ0) is 59.9. The van der Waals surface area contributed by atoms with E-state index in [-0.39, 0.29) is 31.1 Å². The van der Waals surface area contributed by atoms with Crippen LogP contribution in [0.25, 0.3) is 0 Å². The number of esters is 3. The Balaban J connectivity index is 4.21. The predicted octanol–water partition coefficient (Wildman–Crippen LogP) is 24.8. The van der Waals surface area contributed by atoms with E-state index in [9.17, 15) is 14.4 Å². The highest BCUT2D eigenvalue weighted by Crippen LogP contribution is 2.17. The van der Waals surface area contributed by atoms with Crippen molar-refractivity contribution in [1.82, 2.24) is 0 Å². The average Bonchev–Trinajstić information content (AvgIpc) is 3.49. The van der Waals surface area contributed by atoms with Gasteiger partial charge >= 0.3 is 17.9 Å². The molecule has 0 saturated heterocycles. The molecule has 0 aromatic carbocycles. The molecule has 1 unspecified atom stereocenters. The lowest BCUT2D eigenvalue weighted by molar-refractivity contribution is -0.167. The van der Waals surface area contributed by atoms with E-state index in [1.807, 2.05) is 0 Å². The van der Waals surface area contributed by atoms with Crippen LogP contribution in [0.5, 0.6) is 0 Å². The molecule has 83 heavy (non-hydrogen) atoms. The second-order valence-electron chi connectivity index (χ2n) is 23.8. The number of carbonyl (C=O) groups is 3. The summed E-state index contributed by atoms with van der Waals surface area (Å²) in [6.07, 6.45) is 95.8. The first-order valence-electron chi connectivity index (χ1n) is 35.7. The highest BCUT2D eigenvalue weighted by atomic mass is 16.6. The summed E-state index contributed by atoms with van der Waals surface area (Å²) in [5, 5.41) is 0. The van der Waals surface area contributed by atoms with Crippen LogP contribution in [-0.2, 0) is 28.6 Å². The van der Waals surface area contributed by atoms with Crippen LogP contribution in [0, 0.1) is 0 Å². The molecule has 0 aliphatic carbocycles. The van der Waals surface area contributed by atoms with Gasteiger partial charge in [0.05, 0.1) is 0 Å². The monoisotopic (exact) mass is 1160 g/mol. The van der Waals surface area contributed by atoms with Gasteiger partial charge < -0.3 is 14.2 Å². The van der Waals surface area contributed by atoms with Gasteiger partial charge in [-0.15, -0.1) is 0 Å². The van der Waals surface area contributed by atoms with Crippen molar-refractivity contribution in [3.8, 4) is 0 Å². The lowest BCUT2D eigenvalue weighted by atomic mass is 10.0. The molecule has 0 aliphatic rings. The summed E-state index contributed by atoms with van der Waals surface area (Å²) in [5.74, 6) is -0.881. The molecule has 0 aromatic rings. The predicted molar refractivity (Wildman–Crippen MR) is 362 cm³/mol. The van der Waals surface area contributed by atoms with Gasteiger partial charge in [0, 0.05) is 19.3 Å². The summed E-state index contributed by atoms with van der Waals surface area (Å²) < 4.78 is 17.0. The molecule has 478 valence electrons. The van der Waals surface area contributed by atoms with Crippen molar-refractivity contribution in [3.05, 3.63) is 97.2 Å². The molecule has 0 N–H and O–H groups in total. The first kappa shape index (κ1) is 79.3. The third kappa shape index (κ3) is 69.0. The van der Waals surface area contributed by atoms with E-state index < -0.39 is 6.10 Å². The Morgan fingerprint density at radius 3 is 0.771 bits per heavy atom.